The van der Waals surface area contributed by atoms with Crippen LogP contribution in [0.2, 0.25) is 5.22 Å². The second-order valence-corrected chi connectivity index (χ2v) is 5.61. The van der Waals surface area contributed by atoms with Crippen molar-refractivity contribution in [3.05, 3.63) is 23.1 Å². The maximum Gasteiger partial charge on any atom is 0.193 e. The van der Waals surface area contributed by atoms with E-state index in [1.165, 1.54) is 6.42 Å². The van der Waals surface area contributed by atoms with E-state index in [0.717, 1.165) is 25.0 Å². The van der Waals surface area contributed by atoms with Crippen molar-refractivity contribution in [1.29, 1.82) is 0 Å². The fraction of sp³-hybridized carbons (Fsp3) is 0.692. The molecule has 2 atom stereocenters. The highest BCUT2D eigenvalue weighted by Gasteiger charge is 2.31. The average Bonchev–Trinajstić information content (AvgIpc) is 2.63. The van der Waals surface area contributed by atoms with Crippen molar-refractivity contribution in [3.63, 3.8) is 0 Å². The van der Waals surface area contributed by atoms with Gasteiger partial charge in [-0.1, -0.05) is 19.8 Å². The van der Waals surface area contributed by atoms with E-state index in [1.807, 2.05) is 6.07 Å². The van der Waals surface area contributed by atoms with Crippen molar-refractivity contribution >= 4 is 11.6 Å². The highest BCUT2D eigenvalue weighted by atomic mass is 35.5. The van der Waals surface area contributed by atoms with Crippen molar-refractivity contribution in [2.24, 2.45) is 5.92 Å². The van der Waals surface area contributed by atoms with Gasteiger partial charge < -0.3 is 14.8 Å². The van der Waals surface area contributed by atoms with Crippen LogP contribution in [0.5, 0.6) is 0 Å². The lowest BCUT2D eigenvalue weighted by molar-refractivity contribution is -0.0121. The molecule has 3 nitrogen and oxygen atoms in total. The third-order valence-electron chi connectivity index (χ3n) is 3.45. The molecule has 1 aliphatic rings. The molecule has 1 fully saturated rings. The van der Waals surface area contributed by atoms with Crippen molar-refractivity contribution in [3.8, 4) is 0 Å². The zero-order chi connectivity index (χ0) is 12.3. The molecular weight excluding hydrogens is 238 g/mol. The Morgan fingerprint density at radius 3 is 3.06 bits per heavy atom. The highest BCUT2D eigenvalue weighted by molar-refractivity contribution is 6.28. The van der Waals surface area contributed by atoms with Crippen LogP contribution in [0, 0.1) is 5.92 Å². The van der Waals surface area contributed by atoms with Gasteiger partial charge in [-0.25, -0.2) is 0 Å². The van der Waals surface area contributed by atoms with Gasteiger partial charge in [0.2, 0.25) is 0 Å². The summed E-state index contributed by atoms with van der Waals surface area (Å²) in [5, 5.41) is 14.1. The molecule has 2 unspecified atom stereocenters. The van der Waals surface area contributed by atoms with E-state index in [1.54, 1.807) is 6.07 Å². The molecule has 0 amide bonds. The molecule has 1 saturated carbocycles. The normalized spacial score (nSPS) is 29.5. The summed E-state index contributed by atoms with van der Waals surface area (Å²) in [5.74, 6) is 1.43. The zero-order valence-electron chi connectivity index (χ0n) is 10.2. The Morgan fingerprint density at radius 1 is 1.59 bits per heavy atom. The Balaban J connectivity index is 1.77. The number of hydrogen-bond donors (Lipinski definition) is 2. The summed E-state index contributed by atoms with van der Waals surface area (Å²) in [6.45, 7) is 3.44. The Kier molecular flexibility index (Phi) is 4.13. The summed E-state index contributed by atoms with van der Waals surface area (Å²) < 4.78 is 5.25. The standard InChI is InChI=1S/C13H20ClNO2/c1-10-3-2-6-13(16,7-10)9-15-8-11-4-5-12(14)17-11/h4-5,10,15-16H,2-3,6-9H2,1H3. The number of halogens is 1. The molecule has 0 aliphatic heterocycles. The second kappa shape index (κ2) is 5.42. The van der Waals surface area contributed by atoms with E-state index in [2.05, 4.69) is 12.2 Å². The van der Waals surface area contributed by atoms with Crippen LogP contribution in [-0.2, 0) is 6.54 Å². The van der Waals surface area contributed by atoms with Crippen LogP contribution in [-0.4, -0.2) is 17.3 Å². The van der Waals surface area contributed by atoms with Crippen molar-refractivity contribution < 1.29 is 9.52 Å². The maximum atomic E-state index is 10.4. The monoisotopic (exact) mass is 257 g/mol. The molecule has 0 radical (unpaired) electrons. The smallest absolute Gasteiger partial charge is 0.193 e. The molecule has 1 aromatic rings. The Morgan fingerprint density at radius 2 is 2.41 bits per heavy atom. The van der Waals surface area contributed by atoms with Crippen molar-refractivity contribution in [2.75, 3.05) is 6.54 Å². The highest BCUT2D eigenvalue weighted by Crippen LogP contribution is 2.31. The van der Waals surface area contributed by atoms with Crippen LogP contribution in [0.25, 0.3) is 0 Å². The fourth-order valence-corrected chi connectivity index (χ4v) is 2.82. The van der Waals surface area contributed by atoms with Crippen LogP contribution < -0.4 is 5.32 Å². The first-order chi connectivity index (χ1) is 8.07. The number of furan rings is 1. The first kappa shape index (κ1) is 12.9. The van der Waals surface area contributed by atoms with Crippen molar-refractivity contribution in [2.45, 2.75) is 44.8 Å². The van der Waals surface area contributed by atoms with E-state index in [0.29, 0.717) is 24.2 Å². The predicted molar refractivity (Wildman–Crippen MR) is 68.0 cm³/mol. The van der Waals surface area contributed by atoms with Gasteiger partial charge in [-0.3, -0.25) is 0 Å². The van der Waals surface area contributed by atoms with Gasteiger partial charge in [0.05, 0.1) is 12.1 Å². The van der Waals surface area contributed by atoms with E-state index < -0.39 is 5.60 Å². The maximum absolute atomic E-state index is 10.4. The lowest BCUT2D eigenvalue weighted by Gasteiger charge is -2.35. The summed E-state index contributed by atoms with van der Waals surface area (Å²) in [7, 11) is 0. The molecule has 1 heterocycles. The SMILES string of the molecule is CC1CCCC(O)(CNCc2ccc(Cl)o2)C1. The van der Waals surface area contributed by atoms with E-state index >= 15 is 0 Å². The molecule has 96 valence electrons. The predicted octanol–water partition coefficient (Wildman–Crippen LogP) is 2.96. The van der Waals surface area contributed by atoms with E-state index in [4.69, 9.17) is 16.0 Å². The summed E-state index contributed by atoms with van der Waals surface area (Å²) in [6.07, 6.45) is 4.13. The third kappa shape index (κ3) is 3.73. The molecule has 0 bridgehead atoms. The number of aliphatic hydroxyl groups is 1. The third-order valence-corrected chi connectivity index (χ3v) is 3.65. The lowest BCUT2D eigenvalue weighted by Crippen LogP contribution is -2.43. The van der Waals surface area contributed by atoms with Crippen LogP contribution >= 0.6 is 11.6 Å². The van der Waals surface area contributed by atoms with Crippen LogP contribution in [0.15, 0.2) is 16.5 Å². The Bertz CT molecular complexity index is 366. The molecule has 17 heavy (non-hydrogen) atoms. The topological polar surface area (TPSA) is 45.4 Å². The van der Waals surface area contributed by atoms with Gasteiger partial charge in [-0.05, 0) is 42.5 Å². The average molecular weight is 258 g/mol. The minimum Gasteiger partial charge on any atom is -0.448 e. The van der Waals surface area contributed by atoms with E-state index in [-0.39, 0.29) is 0 Å². The minimum atomic E-state index is -0.548. The molecule has 1 aliphatic carbocycles. The molecule has 2 rings (SSSR count). The van der Waals surface area contributed by atoms with Gasteiger partial charge in [-0.15, -0.1) is 0 Å². The largest absolute Gasteiger partial charge is 0.448 e. The summed E-state index contributed by atoms with van der Waals surface area (Å²) >= 11 is 5.69. The van der Waals surface area contributed by atoms with Gasteiger partial charge in [0.25, 0.3) is 0 Å². The second-order valence-electron chi connectivity index (χ2n) is 5.24. The van der Waals surface area contributed by atoms with Gasteiger partial charge in [0.1, 0.15) is 5.76 Å². The molecule has 0 aromatic carbocycles. The molecule has 4 heteroatoms. The molecule has 0 spiro atoms. The zero-order valence-corrected chi connectivity index (χ0v) is 11.0. The van der Waals surface area contributed by atoms with Gasteiger partial charge >= 0.3 is 0 Å². The number of nitrogens with one attached hydrogen (secondary N) is 1. The first-order valence-corrected chi connectivity index (χ1v) is 6.62. The summed E-state index contributed by atoms with van der Waals surface area (Å²) in [5.41, 5.74) is -0.548. The van der Waals surface area contributed by atoms with Crippen LogP contribution in [0.4, 0.5) is 0 Å². The molecule has 1 aromatic heterocycles. The van der Waals surface area contributed by atoms with Crippen molar-refractivity contribution in [1.82, 2.24) is 5.32 Å². The van der Waals surface area contributed by atoms with Crippen LogP contribution in [0.3, 0.4) is 0 Å². The molecular formula is C13H20ClNO2. The van der Waals surface area contributed by atoms with Gasteiger partial charge in [0, 0.05) is 6.54 Å². The summed E-state index contributed by atoms with van der Waals surface area (Å²) in [6, 6.07) is 3.58. The minimum absolute atomic E-state index is 0.409. The molecule has 2 N–H and O–H groups in total. The number of hydrogen-bond acceptors (Lipinski definition) is 3. The Hall–Kier alpha value is -0.510. The molecule has 0 saturated heterocycles. The van der Waals surface area contributed by atoms with E-state index in [9.17, 15) is 5.11 Å². The number of rotatable bonds is 4. The fourth-order valence-electron chi connectivity index (χ4n) is 2.66. The van der Waals surface area contributed by atoms with Gasteiger partial charge in [0.15, 0.2) is 5.22 Å². The quantitative estimate of drug-likeness (QED) is 0.872. The summed E-state index contributed by atoms with van der Waals surface area (Å²) in [4.78, 5) is 0. The Labute approximate surface area is 107 Å². The lowest BCUT2D eigenvalue weighted by atomic mass is 9.79. The van der Waals surface area contributed by atoms with Gasteiger partial charge in [-0.2, -0.15) is 0 Å². The van der Waals surface area contributed by atoms with Crippen LogP contribution in [0.1, 0.15) is 38.4 Å². The first-order valence-electron chi connectivity index (χ1n) is 6.25.